The third kappa shape index (κ3) is 30.6. The largest absolute Gasteiger partial charge is 0.469 e. The maximum Gasteiger partial charge on any atom is 0.308 e. The molecule has 0 amide bonds. The van der Waals surface area contributed by atoms with Crippen LogP contribution in [-0.2, 0) is 9.53 Å². The van der Waals surface area contributed by atoms with E-state index in [2.05, 4.69) is 129 Å². The lowest BCUT2D eigenvalue weighted by Crippen LogP contribution is -2.42. The van der Waals surface area contributed by atoms with Crippen LogP contribution in [0.1, 0.15) is 294 Å². The summed E-state index contributed by atoms with van der Waals surface area (Å²) in [6.45, 7) is 49.2. The van der Waals surface area contributed by atoms with E-state index in [-0.39, 0.29) is 42.9 Å². The Hall–Kier alpha value is -0.830. The van der Waals surface area contributed by atoms with Crippen molar-refractivity contribution in [3.05, 3.63) is 0 Å². The van der Waals surface area contributed by atoms with Gasteiger partial charge in [-0.1, -0.05) is 183 Å². The van der Waals surface area contributed by atoms with Crippen LogP contribution < -0.4 is 0 Å². The Balaban J connectivity index is 0.000000457. The number of alkyl halides is 2. The second kappa shape index (κ2) is 37.8. The van der Waals surface area contributed by atoms with Crippen molar-refractivity contribution in [3.63, 3.8) is 0 Å². The van der Waals surface area contributed by atoms with Crippen molar-refractivity contribution >= 4 is 5.97 Å². The molecule has 0 aromatic heterocycles. The average Bonchev–Trinajstić information content (AvgIpc) is 3.60. The molecule has 484 valence electrons. The predicted molar refractivity (Wildman–Crippen MR) is 343 cm³/mol. The van der Waals surface area contributed by atoms with Crippen molar-refractivity contribution in [2.24, 2.45) is 130 Å². The number of halogens is 2. The Morgan fingerprint density at radius 1 is 0.519 bits per heavy atom. The monoisotopic (exact) mass is 1150 g/mol. The van der Waals surface area contributed by atoms with Crippen molar-refractivity contribution < 1.29 is 38.7 Å². The number of rotatable bonds is 12. The molecule has 81 heavy (non-hydrogen) atoms. The highest BCUT2D eigenvalue weighted by Crippen LogP contribution is 2.51. The molecule has 0 aliphatic heterocycles. The van der Waals surface area contributed by atoms with Crippen molar-refractivity contribution in [1.29, 1.82) is 0 Å². The van der Waals surface area contributed by atoms with Gasteiger partial charge in [-0.15, -0.1) is 0 Å². The zero-order valence-corrected chi connectivity index (χ0v) is 57.9. The van der Waals surface area contributed by atoms with Crippen LogP contribution in [0.4, 0.5) is 8.78 Å². The Labute approximate surface area is 503 Å². The van der Waals surface area contributed by atoms with Gasteiger partial charge in [-0.05, 0) is 221 Å². The molecule has 0 saturated heterocycles. The van der Waals surface area contributed by atoms with Crippen LogP contribution in [0.25, 0.3) is 0 Å². The average molecular weight is 1150 g/mol. The van der Waals surface area contributed by atoms with E-state index < -0.39 is 11.5 Å². The van der Waals surface area contributed by atoms with Gasteiger partial charge in [0.25, 0.3) is 0 Å². The molecule has 0 radical (unpaired) electrons. The molecule has 6 nitrogen and oxygen atoms in total. The molecule has 9 rings (SSSR count). The molecule has 4 N–H and O–H groups in total. The van der Waals surface area contributed by atoms with Crippen LogP contribution >= 0.6 is 0 Å². The Morgan fingerprint density at radius 2 is 0.901 bits per heavy atom. The molecule has 0 aromatic carbocycles. The van der Waals surface area contributed by atoms with E-state index in [0.29, 0.717) is 30.3 Å². The van der Waals surface area contributed by atoms with E-state index in [1.165, 1.54) is 103 Å². The van der Waals surface area contributed by atoms with Gasteiger partial charge >= 0.3 is 5.97 Å². The van der Waals surface area contributed by atoms with Gasteiger partial charge in [-0.25, -0.2) is 8.78 Å². The number of carbonyl (C=O) groups excluding carboxylic acids is 1. The lowest BCUT2D eigenvalue weighted by atomic mass is 9.64. The van der Waals surface area contributed by atoms with Crippen LogP contribution in [0.5, 0.6) is 0 Å². The Morgan fingerprint density at radius 3 is 1.11 bits per heavy atom. The second-order valence-corrected chi connectivity index (χ2v) is 32.3. The summed E-state index contributed by atoms with van der Waals surface area (Å²) in [5.74, 6) is 13.2. The van der Waals surface area contributed by atoms with Crippen molar-refractivity contribution in [1.82, 2.24) is 0 Å². The summed E-state index contributed by atoms with van der Waals surface area (Å²) < 4.78 is 28.9. The zero-order valence-electron chi connectivity index (χ0n) is 57.9. The van der Waals surface area contributed by atoms with Gasteiger partial charge in [-0.2, -0.15) is 0 Å². The fraction of sp³-hybridized carbons (Fsp3) is 0.986. The molecule has 0 aromatic rings. The van der Waals surface area contributed by atoms with Gasteiger partial charge in [0.2, 0.25) is 5.92 Å². The highest BCUT2D eigenvalue weighted by atomic mass is 19.3. The number of hydrogen-bond donors (Lipinski definition) is 4. The first kappa shape index (κ1) is 78.2. The summed E-state index contributed by atoms with van der Waals surface area (Å²) in [5, 5.41) is 36.9. The number of aliphatic hydroxyl groups is 4. The van der Waals surface area contributed by atoms with Crippen molar-refractivity contribution in [2.75, 3.05) is 13.7 Å². The number of ether oxygens (including phenoxy) is 1. The summed E-state index contributed by atoms with van der Waals surface area (Å²) in [6.07, 6.45) is 26.2. The molecule has 9 saturated carbocycles. The van der Waals surface area contributed by atoms with E-state index in [4.69, 9.17) is 10.2 Å². The molecule has 5 atom stereocenters. The number of esters is 1. The first-order valence-electron chi connectivity index (χ1n) is 34.5. The molecule has 9 aliphatic carbocycles. The van der Waals surface area contributed by atoms with Gasteiger partial charge in [-0.3, -0.25) is 4.79 Å². The minimum Gasteiger partial charge on any atom is -0.469 e. The van der Waals surface area contributed by atoms with Gasteiger partial charge in [0.15, 0.2) is 0 Å². The van der Waals surface area contributed by atoms with E-state index in [1.807, 2.05) is 27.7 Å². The van der Waals surface area contributed by atoms with Gasteiger partial charge < -0.3 is 25.2 Å². The van der Waals surface area contributed by atoms with Gasteiger partial charge in [0.05, 0.1) is 30.8 Å². The van der Waals surface area contributed by atoms with Gasteiger partial charge in [0.1, 0.15) is 0 Å². The fourth-order valence-corrected chi connectivity index (χ4v) is 12.9. The number of hydrogen-bond acceptors (Lipinski definition) is 6. The Bertz CT molecular complexity index is 1560. The summed E-state index contributed by atoms with van der Waals surface area (Å²) in [4.78, 5) is 10.9. The SMILES string of the molecule is CC(C)C1(C)CC1.CC(C)C1CC(C(C)(C)O)C1.CC(C)C1CC(C)C(O)C1.CC(C)C1CC(CO)C1.CC(C)C1CC(F)(F)C1.CC(C)C1CCC(O)C1.CC(C)C1CCC1.CC(C)C1CCCC1.COC(=O)C1CC(C(C)C)C1. The topological polar surface area (TPSA) is 107 Å². The van der Waals surface area contributed by atoms with E-state index in [1.54, 1.807) is 0 Å². The lowest BCUT2D eigenvalue weighted by Gasteiger charge is -2.44. The van der Waals surface area contributed by atoms with E-state index in [0.717, 1.165) is 126 Å². The first-order chi connectivity index (χ1) is 37.4. The van der Waals surface area contributed by atoms with Gasteiger partial charge in [0, 0.05) is 19.4 Å². The molecular weight excluding hydrogens is 1010 g/mol. The normalized spacial score (nSPS) is 30.7. The molecular formula is C73H142F2O6. The number of methoxy groups -OCH3 is 1. The summed E-state index contributed by atoms with van der Waals surface area (Å²) in [6, 6.07) is 0. The minimum atomic E-state index is -2.32. The molecule has 0 heterocycles. The molecule has 0 spiro atoms. The summed E-state index contributed by atoms with van der Waals surface area (Å²) in [5.41, 5.74) is 0.311. The predicted octanol–water partition coefficient (Wildman–Crippen LogP) is 20.2. The minimum absolute atomic E-state index is 0.0115. The van der Waals surface area contributed by atoms with Crippen LogP contribution in [-0.4, -0.2) is 63.8 Å². The molecule has 5 unspecified atom stereocenters. The second-order valence-electron chi connectivity index (χ2n) is 32.3. The molecule has 0 bridgehead atoms. The molecule has 9 aliphatic rings. The smallest absolute Gasteiger partial charge is 0.308 e. The van der Waals surface area contributed by atoms with Crippen LogP contribution in [0, 0.1) is 130 Å². The zero-order chi connectivity index (χ0) is 62.3. The summed E-state index contributed by atoms with van der Waals surface area (Å²) in [7, 11) is 1.46. The van der Waals surface area contributed by atoms with Crippen molar-refractivity contribution in [2.45, 2.75) is 317 Å². The van der Waals surface area contributed by atoms with Crippen molar-refractivity contribution in [3.8, 4) is 0 Å². The lowest BCUT2D eigenvalue weighted by molar-refractivity contribution is -0.150. The highest BCUT2D eigenvalue weighted by molar-refractivity contribution is 5.73. The first-order valence-corrected chi connectivity index (χ1v) is 34.5. The fourth-order valence-electron chi connectivity index (χ4n) is 12.9. The highest BCUT2D eigenvalue weighted by Gasteiger charge is 2.46. The van der Waals surface area contributed by atoms with Crippen LogP contribution in [0.15, 0.2) is 0 Å². The van der Waals surface area contributed by atoms with E-state index >= 15 is 0 Å². The Kier molecular flexibility index (Phi) is 36.5. The van der Waals surface area contributed by atoms with Crippen LogP contribution in [0.3, 0.4) is 0 Å². The molecule has 8 heteroatoms. The number of aliphatic hydroxyl groups excluding tert-OH is 3. The third-order valence-electron chi connectivity index (χ3n) is 22.4. The maximum atomic E-state index is 12.1. The molecule has 9 fully saturated rings. The van der Waals surface area contributed by atoms with E-state index in [9.17, 15) is 23.8 Å². The number of carbonyl (C=O) groups is 1. The third-order valence-corrected chi connectivity index (χ3v) is 22.4. The maximum absolute atomic E-state index is 12.1. The van der Waals surface area contributed by atoms with Crippen LogP contribution in [0.2, 0.25) is 0 Å². The quantitative estimate of drug-likeness (QED) is 0.145. The summed E-state index contributed by atoms with van der Waals surface area (Å²) >= 11 is 0. The standard InChI is InChI=1S/C10H20O.C9H16O2.C9H18O.2C8H16O.C8H16.C7H12F2.2C7H14/c1-7(2)8-5-9(6-8)10(3,4)11;1-6(2)7-4-8(5-7)9(10)11-3;1-6(2)8-4-7(3)9(10)5-8;1-6(2)8-3-7(4-8)5-9;1-6(2)7-3-4-8(9)5-7;1-7(2)8-5-3-4-6-8;1-5(2)6-3-7(8,9)4-6;1-6(2)7(3)4-5-7;1-6(2)7-4-3-5-7/h7-9,11H,5-6H2,1-4H3;6-8H,4-5H2,1-3H3;6-10H,4-5H2,1-3H3;2*6-9H,3-5H2,1-2H3;7-8H,3-6H2,1-2H3;5-6H,3-4H2,1-2H3;6H,4-5H2,1-3H3;6-7H,3-5H2,1-2H3.